The van der Waals surface area contributed by atoms with Crippen LogP contribution in [-0.4, -0.2) is 18.3 Å². The van der Waals surface area contributed by atoms with Crippen LogP contribution < -0.4 is 0 Å². The van der Waals surface area contributed by atoms with Crippen LogP contribution in [0.3, 0.4) is 0 Å². The lowest BCUT2D eigenvalue weighted by molar-refractivity contribution is -0.254. The van der Waals surface area contributed by atoms with E-state index >= 15 is 0 Å². The van der Waals surface area contributed by atoms with E-state index in [0.29, 0.717) is 0 Å². The molecule has 0 nitrogen and oxygen atoms in total. The lowest BCUT2D eigenvalue weighted by atomic mass is 10.1. The SMILES string of the molecule is F.FC(F)=C(F)C(F)(F)C(F)(F)C(F)F. The summed E-state index contributed by atoms with van der Waals surface area (Å²) in [5.41, 5.74) is 0. The minimum atomic E-state index is -6.22. The van der Waals surface area contributed by atoms with Gasteiger partial charge in [0, 0.05) is 0 Å². The zero-order valence-corrected chi connectivity index (χ0v) is 6.39. The normalized spacial score (nSPS) is 12.4. The highest BCUT2D eigenvalue weighted by Gasteiger charge is 2.67. The van der Waals surface area contributed by atoms with Crippen LogP contribution >= 0.6 is 0 Å². The third-order valence-electron chi connectivity index (χ3n) is 1.13. The number of allylic oxidation sites excluding steroid dienone is 1. The Bertz CT molecular complexity index is 236. The molecule has 0 aliphatic heterocycles. The van der Waals surface area contributed by atoms with Gasteiger partial charge in [-0.25, -0.2) is 8.78 Å². The van der Waals surface area contributed by atoms with Gasteiger partial charge >= 0.3 is 24.4 Å². The van der Waals surface area contributed by atoms with E-state index in [4.69, 9.17) is 0 Å². The Labute approximate surface area is 75.7 Å². The molecule has 0 aromatic heterocycles. The highest BCUT2D eigenvalue weighted by Crippen LogP contribution is 2.45. The van der Waals surface area contributed by atoms with E-state index in [9.17, 15) is 39.5 Å². The topological polar surface area (TPSA) is 0 Å². The highest BCUT2D eigenvalue weighted by atomic mass is 19.3. The van der Waals surface area contributed by atoms with Crippen LogP contribution in [0.5, 0.6) is 0 Å². The molecule has 0 atom stereocenters. The Morgan fingerprint density at radius 2 is 1.20 bits per heavy atom. The number of halogens is 10. The molecule has 10 heteroatoms. The van der Waals surface area contributed by atoms with Gasteiger partial charge in [-0.15, -0.1) is 0 Å². The average molecular weight is 252 g/mol. The third kappa shape index (κ3) is 2.75. The summed E-state index contributed by atoms with van der Waals surface area (Å²) in [7, 11) is 0. The minimum Gasteiger partial charge on any atom is -0.269 e. The van der Waals surface area contributed by atoms with E-state index < -0.39 is 30.2 Å². The van der Waals surface area contributed by atoms with Crippen molar-refractivity contribution in [3.05, 3.63) is 11.9 Å². The van der Waals surface area contributed by atoms with Crippen molar-refractivity contribution >= 4 is 0 Å². The van der Waals surface area contributed by atoms with Crippen molar-refractivity contribution in [2.45, 2.75) is 18.3 Å². The van der Waals surface area contributed by atoms with Gasteiger partial charge in [-0.2, -0.15) is 30.7 Å². The van der Waals surface area contributed by atoms with Crippen LogP contribution in [0.4, 0.5) is 44.2 Å². The Morgan fingerprint density at radius 1 is 0.867 bits per heavy atom. The van der Waals surface area contributed by atoms with Crippen LogP contribution in [-0.2, 0) is 0 Å². The maximum Gasteiger partial charge on any atom is 0.376 e. The quantitative estimate of drug-likeness (QED) is 0.671. The summed E-state index contributed by atoms with van der Waals surface area (Å²) < 4.78 is 104. The monoisotopic (exact) mass is 252 g/mol. The molecule has 0 fully saturated rings. The van der Waals surface area contributed by atoms with Crippen molar-refractivity contribution in [2.75, 3.05) is 0 Å². The second-order valence-corrected chi connectivity index (χ2v) is 2.07. The predicted octanol–water partition coefficient (Wildman–Crippen LogP) is 3.75. The first kappa shape index (κ1) is 16.5. The maximum absolute atomic E-state index is 12.0. The molecule has 15 heavy (non-hydrogen) atoms. The lowest BCUT2D eigenvalue weighted by Crippen LogP contribution is -2.47. The Balaban J connectivity index is 0. The second kappa shape index (κ2) is 4.71. The summed E-state index contributed by atoms with van der Waals surface area (Å²) in [6.45, 7) is 0. The van der Waals surface area contributed by atoms with Crippen molar-refractivity contribution in [1.82, 2.24) is 0 Å². The molecule has 0 aliphatic rings. The predicted molar refractivity (Wildman–Crippen MR) is 28.8 cm³/mol. The van der Waals surface area contributed by atoms with E-state index in [1.807, 2.05) is 0 Å². The zero-order chi connectivity index (χ0) is 11.7. The van der Waals surface area contributed by atoms with Gasteiger partial charge in [-0.1, -0.05) is 0 Å². The van der Waals surface area contributed by atoms with Crippen molar-refractivity contribution in [1.29, 1.82) is 0 Å². The smallest absolute Gasteiger partial charge is 0.269 e. The van der Waals surface area contributed by atoms with Crippen LogP contribution in [0, 0.1) is 0 Å². The number of hydrogen-bond acceptors (Lipinski definition) is 0. The number of hydrogen-bond donors (Lipinski definition) is 0. The van der Waals surface area contributed by atoms with Gasteiger partial charge in [-0.3, -0.25) is 4.70 Å². The molecule has 0 aliphatic carbocycles. The van der Waals surface area contributed by atoms with Crippen LogP contribution in [0.2, 0.25) is 0 Å². The van der Waals surface area contributed by atoms with Crippen LogP contribution in [0.15, 0.2) is 11.9 Å². The van der Waals surface area contributed by atoms with Crippen LogP contribution in [0.1, 0.15) is 0 Å². The fourth-order valence-electron chi connectivity index (χ4n) is 0.402. The molecule has 0 rings (SSSR count). The first-order valence-corrected chi connectivity index (χ1v) is 2.80. The fraction of sp³-hybridized carbons (Fsp3) is 0.600. The van der Waals surface area contributed by atoms with Gasteiger partial charge in [0.05, 0.1) is 0 Å². The Hall–Kier alpha value is -0.960. The first-order valence-electron chi connectivity index (χ1n) is 2.80. The molecule has 0 N–H and O–H groups in total. The summed E-state index contributed by atoms with van der Waals surface area (Å²) in [6.07, 6.45) is -8.72. The van der Waals surface area contributed by atoms with Crippen molar-refractivity contribution in [3.8, 4) is 0 Å². The molecule has 92 valence electrons. The molecule has 0 aromatic carbocycles. The van der Waals surface area contributed by atoms with Gasteiger partial charge < -0.3 is 0 Å². The molecular weight excluding hydrogens is 250 g/mol. The number of alkyl halides is 6. The van der Waals surface area contributed by atoms with Crippen molar-refractivity contribution in [2.24, 2.45) is 0 Å². The Kier molecular flexibility index (Phi) is 5.17. The molecule has 0 saturated carbocycles. The maximum atomic E-state index is 12.0. The molecule has 0 saturated heterocycles. The third-order valence-corrected chi connectivity index (χ3v) is 1.13. The summed E-state index contributed by atoms with van der Waals surface area (Å²) in [4.78, 5) is 0. The zero-order valence-electron chi connectivity index (χ0n) is 6.39. The summed E-state index contributed by atoms with van der Waals surface area (Å²) in [5.74, 6) is -16.3. The molecular formula is C5H2F10. The van der Waals surface area contributed by atoms with Gasteiger partial charge in [0.25, 0.3) is 0 Å². The molecule has 0 bridgehead atoms. The van der Waals surface area contributed by atoms with E-state index in [1.165, 1.54) is 0 Å². The Morgan fingerprint density at radius 3 is 1.40 bits per heavy atom. The van der Waals surface area contributed by atoms with Gasteiger partial charge in [0.1, 0.15) is 0 Å². The average Bonchev–Trinajstić information content (AvgIpc) is 2.01. The molecule has 0 aromatic rings. The van der Waals surface area contributed by atoms with E-state index in [2.05, 4.69) is 0 Å². The number of rotatable bonds is 3. The highest BCUT2D eigenvalue weighted by molar-refractivity contribution is 5.11. The summed E-state index contributed by atoms with van der Waals surface area (Å²) in [6, 6.07) is 0. The molecule has 0 spiro atoms. The second-order valence-electron chi connectivity index (χ2n) is 2.07. The standard InChI is InChI=1S/C5HF9.FH/c6-1(2(7)8)4(11,12)5(13,14)3(9)10;/h3H;1H. The van der Waals surface area contributed by atoms with Gasteiger partial charge in [-0.05, 0) is 0 Å². The molecule has 0 unspecified atom stereocenters. The minimum absolute atomic E-state index is 0. The molecule has 0 amide bonds. The van der Waals surface area contributed by atoms with Crippen molar-refractivity contribution < 1.29 is 44.2 Å². The molecule has 0 heterocycles. The van der Waals surface area contributed by atoms with E-state index in [0.717, 1.165) is 0 Å². The van der Waals surface area contributed by atoms with Gasteiger partial charge in [0.2, 0.25) is 5.83 Å². The largest absolute Gasteiger partial charge is 0.376 e. The van der Waals surface area contributed by atoms with Gasteiger partial charge in [0.15, 0.2) is 0 Å². The lowest BCUT2D eigenvalue weighted by Gasteiger charge is -2.23. The van der Waals surface area contributed by atoms with Crippen molar-refractivity contribution in [3.63, 3.8) is 0 Å². The first-order chi connectivity index (χ1) is 6.05. The summed E-state index contributed by atoms with van der Waals surface area (Å²) in [5, 5.41) is 0. The van der Waals surface area contributed by atoms with E-state index in [1.54, 1.807) is 0 Å². The summed E-state index contributed by atoms with van der Waals surface area (Å²) >= 11 is 0. The molecule has 0 radical (unpaired) electrons. The van der Waals surface area contributed by atoms with Crippen LogP contribution in [0.25, 0.3) is 0 Å². The van der Waals surface area contributed by atoms with E-state index in [-0.39, 0.29) is 4.70 Å². The fourth-order valence-corrected chi connectivity index (χ4v) is 0.402.